The van der Waals surface area contributed by atoms with E-state index >= 15 is 0 Å². The van der Waals surface area contributed by atoms with E-state index in [1.165, 1.54) is 0 Å². The van der Waals surface area contributed by atoms with Gasteiger partial charge >= 0.3 is 6.09 Å². The number of carbonyl (C=O) groups excluding carboxylic acids is 3. The first-order valence-corrected chi connectivity index (χ1v) is 7.50. The molecule has 2 fully saturated rings. The topological polar surface area (TPSA) is 76.2 Å². The van der Waals surface area contributed by atoms with Crippen molar-refractivity contribution in [3.63, 3.8) is 0 Å². The Morgan fingerprint density at radius 1 is 1.22 bits per heavy atom. The Hall–Kier alpha value is -2.57. The highest BCUT2D eigenvalue weighted by molar-refractivity contribution is 5.99. The lowest BCUT2D eigenvalue weighted by Gasteiger charge is -2.41. The van der Waals surface area contributed by atoms with Crippen molar-refractivity contribution in [3.8, 4) is 5.75 Å². The Morgan fingerprint density at radius 2 is 1.87 bits per heavy atom. The Balaban J connectivity index is 1.58. The molecule has 7 nitrogen and oxygen atoms in total. The molecule has 0 saturated carbocycles. The van der Waals surface area contributed by atoms with E-state index in [2.05, 4.69) is 4.74 Å². The molecule has 0 radical (unpaired) electrons. The number of ether oxygens (including phenoxy) is 2. The number of imide groups is 1. The van der Waals surface area contributed by atoms with Crippen LogP contribution >= 0.6 is 0 Å². The minimum absolute atomic E-state index is 0.0745. The normalized spacial score (nSPS) is 18.2. The van der Waals surface area contributed by atoms with Crippen molar-refractivity contribution in [2.75, 3.05) is 19.7 Å². The van der Waals surface area contributed by atoms with Gasteiger partial charge < -0.3 is 14.4 Å². The lowest BCUT2D eigenvalue weighted by atomic mass is 10.1. The summed E-state index contributed by atoms with van der Waals surface area (Å²) in [6.45, 7) is 4.34. The van der Waals surface area contributed by atoms with Crippen LogP contribution < -0.4 is 4.74 Å². The molecule has 0 aliphatic carbocycles. The van der Waals surface area contributed by atoms with E-state index in [0.717, 1.165) is 4.90 Å². The molecular formula is C16H18N2O5. The second kappa shape index (κ2) is 5.91. The van der Waals surface area contributed by atoms with Crippen LogP contribution in [-0.2, 0) is 9.53 Å². The zero-order valence-electron chi connectivity index (χ0n) is 13.0. The Labute approximate surface area is 133 Å². The van der Waals surface area contributed by atoms with E-state index in [4.69, 9.17) is 4.74 Å². The summed E-state index contributed by atoms with van der Waals surface area (Å²) in [5.41, 5.74) is 0.551. The average Bonchev–Trinajstić information content (AvgIpc) is 2.78. The maximum absolute atomic E-state index is 12.3. The molecular weight excluding hydrogens is 300 g/mol. The number of hydrogen-bond acceptors (Lipinski definition) is 5. The van der Waals surface area contributed by atoms with Crippen LogP contribution in [0.1, 0.15) is 24.2 Å². The van der Waals surface area contributed by atoms with Gasteiger partial charge in [-0.1, -0.05) is 0 Å². The van der Waals surface area contributed by atoms with Crippen LogP contribution in [0, 0.1) is 0 Å². The Kier molecular flexibility index (Phi) is 3.94. The molecule has 1 aromatic rings. The van der Waals surface area contributed by atoms with Crippen LogP contribution in [0.4, 0.5) is 4.79 Å². The standard InChI is InChI=1S/C16H18N2O5/c1-10(2)23-13-5-3-11(4-6-13)15(20)17-7-12(8-17)18-14(19)9-22-16(18)21/h3-6,10,12H,7-9H2,1-2H3. The minimum Gasteiger partial charge on any atom is -0.491 e. The molecule has 3 amide bonds. The van der Waals surface area contributed by atoms with Crippen molar-refractivity contribution in [3.05, 3.63) is 29.8 Å². The van der Waals surface area contributed by atoms with Gasteiger partial charge in [0.25, 0.3) is 11.8 Å². The molecule has 1 aromatic carbocycles. The molecule has 2 heterocycles. The van der Waals surface area contributed by atoms with Crippen LogP contribution in [0.2, 0.25) is 0 Å². The monoisotopic (exact) mass is 318 g/mol. The molecule has 2 aliphatic rings. The van der Waals surface area contributed by atoms with Gasteiger partial charge in [0.2, 0.25) is 0 Å². The molecule has 122 valence electrons. The summed E-state index contributed by atoms with van der Waals surface area (Å²) in [4.78, 5) is 38.1. The van der Waals surface area contributed by atoms with Gasteiger partial charge in [-0.25, -0.2) is 9.69 Å². The van der Waals surface area contributed by atoms with Gasteiger partial charge in [-0.05, 0) is 38.1 Å². The van der Waals surface area contributed by atoms with Gasteiger partial charge in [0.1, 0.15) is 5.75 Å². The minimum atomic E-state index is -0.623. The summed E-state index contributed by atoms with van der Waals surface area (Å²) in [6.07, 6.45) is -0.548. The fourth-order valence-corrected chi connectivity index (χ4v) is 2.63. The predicted molar refractivity (Wildman–Crippen MR) is 80.1 cm³/mol. The lowest BCUT2D eigenvalue weighted by Crippen LogP contribution is -2.62. The zero-order valence-corrected chi connectivity index (χ0v) is 13.0. The van der Waals surface area contributed by atoms with E-state index in [1.807, 2.05) is 13.8 Å². The third-order valence-electron chi connectivity index (χ3n) is 3.77. The van der Waals surface area contributed by atoms with Crippen LogP contribution in [0.15, 0.2) is 24.3 Å². The molecule has 3 rings (SSSR count). The molecule has 23 heavy (non-hydrogen) atoms. The van der Waals surface area contributed by atoms with E-state index in [9.17, 15) is 14.4 Å². The zero-order chi connectivity index (χ0) is 16.6. The van der Waals surface area contributed by atoms with Gasteiger partial charge in [0.15, 0.2) is 6.61 Å². The van der Waals surface area contributed by atoms with Crippen molar-refractivity contribution in [2.24, 2.45) is 0 Å². The predicted octanol–water partition coefficient (Wildman–Crippen LogP) is 1.28. The van der Waals surface area contributed by atoms with E-state index in [1.54, 1.807) is 29.2 Å². The first kappa shape index (κ1) is 15.3. The number of amides is 3. The van der Waals surface area contributed by atoms with E-state index < -0.39 is 6.09 Å². The molecule has 0 bridgehead atoms. The SMILES string of the molecule is CC(C)Oc1ccc(C(=O)N2CC(N3C(=O)COC3=O)C2)cc1. The molecule has 7 heteroatoms. The first-order valence-electron chi connectivity index (χ1n) is 7.50. The highest BCUT2D eigenvalue weighted by Gasteiger charge is 2.44. The van der Waals surface area contributed by atoms with Gasteiger partial charge in [-0.2, -0.15) is 0 Å². The maximum atomic E-state index is 12.3. The second-order valence-electron chi connectivity index (χ2n) is 5.87. The van der Waals surface area contributed by atoms with Crippen LogP contribution in [-0.4, -0.2) is 59.5 Å². The van der Waals surface area contributed by atoms with Crippen LogP contribution in [0.5, 0.6) is 5.75 Å². The molecule has 0 spiro atoms. The molecule has 0 N–H and O–H groups in total. The van der Waals surface area contributed by atoms with Crippen molar-refractivity contribution in [2.45, 2.75) is 26.0 Å². The highest BCUT2D eigenvalue weighted by atomic mass is 16.6. The third kappa shape index (κ3) is 2.99. The van der Waals surface area contributed by atoms with Gasteiger partial charge in [-0.15, -0.1) is 0 Å². The van der Waals surface area contributed by atoms with Gasteiger partial charge in [0.05, 0.1) is 12.1 Å². The highest BCUT2D eigenvalue weighted by Crippen LogP contribution is 2.22. The smallest absolute Gasteiger partial charge is 0.417 e. The molecule has 0 unspecified atom stereocenters. The van der Waals surface area contributed by atoms with Crippen molar-refractivity contribution in [1.82, 2.24) is 9.80 Å². The third-order valence-corrected chi connectivity index (χ3v) is 3.77. The number of likely N-dealkylation sites (tertiary alicyclic amines) is 1. The second-order valence-corrected chi connectivity index (χ2v) is 5.87. The van der Waals surface area contributed by atoms with Gasteiger partial charge in [-0.3, -0.25) is 9.59 Å². The average molecular weight is 318 g/mol. The molecule has 2 saturated heterocycles. The number of rotatable bonds is 4. The summed E-state index contributed by atoms with van der Waals surface area (Å²) < 4.78 is 10.2. The molecule has 2 aliphatic heterocycles. The largest absolute Gasteiger partial charge is 0.491 e. The Bertz CT molecular complexity index is 618. The summed E-state index contributed by atoms with van der Waals surface area (Å²) in [7, 11) is 0. The summed E-state index contributed by atoms with van der Waals surface area (Å²) in [6, 6.07) is 6.65. The number of hydrogen-bond donors (Lipinski definition) is 0. The summed E-state index contributed by atoms with van der Waals surface area (Å²) in [5, 5.41) is 0. The van der Waals surface area contributed by atoms with Crippen molar-refractivity contribution < 1.29 is 23.9 Å². The fraction of sp³-hybridized carbons (Fsp3) is 0.438. The summed E-state index contributed by atoms with van der Waals surface area (Å²) in [5.74, 6) is 0.239. The van der Waals surface area contributed by atoms with E-state index in [-0.39, 0.29) is 30.6 Å². The summed E-state index contributed by atoms with van der Waals surface area (Å²) >= 11 is 0. The molecule has 0 atom stereocenters. The van der Waals surface area contributed by atoms with Gasteiger partial charge in [0, 0.05) is 18.7 Å². The molecule has 0 aromatic heterocycles. The van der Waals surface area contributed by atoms with Crippen molar-refractivity contribution >= 4 is 17.9 Å². The van der Waals surface area contributed by atoms with Crippen molar-refractivity contribution in [1.29, 1.82) is 0 Å². The lowest BCUT2D eigenvalue weighted by molar-refractivity contribution is -0.129. The number of benzene rings is 1. The van der Waals surface area contributed by atoms with E-state index in [0.29, 0.717) is 24.4 Å². The number of cyclic esters (lactones) is 1. The quantitative estimate of drug-likeness (QED) is 0.836. The maximum Gasteiger partial charge on any atom is 0.417 e. The number of nitrogens with zero attached hydrogens (tertiary/aromatic N) is 2. The van der Waals surface area contributed by atoms with Crippen LogP contribution in [0.3, 0.4) is 0 Å². The number of carbonyl (C=O) groups is 3. The first-order chi connectivity index (χ1) is 11.0. The fourth-order valence-electron chi connectivity index (χ4n) is 2.63. The Morgan fingerprint density at radius 3 is 2.39 bits per heavy atom. The van der Waals surface area contributed by atoms with Crippen LogP contribution in [0.25, 0.3) is 0 Å².